The lowest BCUT2D eigenvalue weighted by atomic mass is 10.0. The average Bonchev–Trinajstić information content (AvgIpc) is 3.39. The van der Waals surface area contributed by atoms with Gasteiger partial charge in [-0.15, -0.1) is 0 Å². The zero-order valence-corrected chi connectivity index (χ0v) is 17.9. The van der Waals surface area contributed by atoms with Gasteiger partial charge in [-0.1, -0.05) is 58.4 Å². The summed E-state index contributed by atoms with van der Waals surface area (Å²) < 4.78 is 0.999. The van der Waals surface area contributed by atoms with E-state index in [2.05, 4.69) is 25.9 Å². The second-order valence-corrected chi connectivity index (χ2v) is 8.30. The molecule has 0 aliphatic carbocycles. The summed E-state index contributed by atoms with van der Waals surface area (Å²) in [7, 11) is 0. The zero-order chi connectivity index (χ0) is 20.7. The summed E-state index contributed by atoms with van der Waals surface area (Å²) in [4.78, 5) is 21.5. The number of hydrogen-bond acceptors (Lipinski definition) is 3. The third kappa shape index (κ3) is 3.33. The van der Waals surface area contributed by atoms with Crippen LogP contribution >= 0.6 is 15.9 Å². The molecule has 5 rings (SSSR count). The Morgan fingerprint density at radius 2 is 1.77 bits per heavy atom. The van der Waals surface area contributed by atoms with Crippen molar-refractivity contribution in [1.29, 1.82) is 0 Å². The summed E-state index contributed by atoms with van der Waals surface area (Å²) in [6.07, 6.45) is 0.596. The highest BCUT2D eigenvalue weighted by molar-refractivity contribution is 9.10. The molecule has 0 spiro atoms. The summed E-state index contributed by atoms with van der Waals surface area (Å²) in [6.45, 7) is 1.95. The van der Waals surface area contributed by atoms with E-state index in [0.29, 0.717) is 17.8 Å². The van der Waals surface area contributed by atoms with Gasteiger partial charge in [0.2, 0.25) is 0 Å². The molecule has 1 aliphatic rings. The molecule has 4 aromatic rings. The van der Waals surface area contributed by atoms with Gasteiger partial charge in [-0.05, 0) is 48.4 Å². The van der Waals surface area contributed by atoms with Crippen LogP contribution in [0.4, 0.5) is 0 Å². The number of aromatic amines is 1. The van der Waals surface area contributed by atoms with Crippen molar-refractivity contribution in [1.82, 2.24) is 15.0 Å². The minimum Gasteiger partial charge on any atom is -0.337 e. The molecule has 0 radical (unpaired) electrons. The van der Waals surface area contributed by atoms with Crippen molar-refractivity contribution in [2.45, 2.75) is 19.4 Å². The van der Waals surface area contributed by atoms with Gasteiger partial charge in [-0.3, -0.25) is 4.79 Å². The number of para-hydroxylation sites is 2. The molecule has 0 saturated heterocycles. The summed E-state index contributed by atoms with van der Waals surface area (Å²) >= 11 is 3.49. The quantitative estimate of drug-likeness (QED) is 0.432. The van der Waals surface area contributed by atoms with Crippen LogP contribution in [0, 0.1) is 6.92 Å². The van der Waals surface area contributed by atoms with Crippen molar-refractivity contribution in [3.05, 3.63) is 99.8 Å². The number of halogens is 1. The highest BCUT2D eigenvalue weighted by Gasteiger charge is 2.35. The molecule has 0 saturated carbocycles. The molecule has 1 atom stereocenters. The minimum absolute atomic E-state index is 0.105. The van der Waals surface area contributed by atoms with Gasteiger partial charge in [0.15, 0.2) is 5.82 Å². The number of rotatable bonds is 3. The average molecular weight is 459 g/mol. The van der Waals surface area contributed by atoms with Gasteiger partial charge in [0.05, 0.1) is 17.1 Å². The molecule has 1 aliphatic heterocycles. The fourth-order valence-electron chi connectivity index (χ4n) is 3.81. The van der Waals surface area contributed by atoms with E-state index in [1.165, 1.54) is 0 Å². The van der Waals surface area contributed by atoms with Gasteiger partial charge in [-0.25, -0.2) is 9.99 Å². The van der Waals surface area contributed by atoms with Gasteiger partial charge >= 0.3 is 0 Å². The van der Waals surface area contributed by atoms with Crippen LogP contribution in [0.15, 0.2) is 82.4 Å². The number of nitrogens with zero attached hydrogens (tertiary/aromatic N) is 3. The summed E-state index contributed by atoms with van der Waals surface area (Å²) in [6, 6.07) is 23.4. The van der Waals surface area contributed by atoms with Crippen molar-refractivity contribution in [3.8, 4) is 0 Å². The van der Waals surface area contributed by atoms with E-state index in [9.17, 15) is 4.79 Å². The van der Waals surface area contributed by atoms with Crippen molar-refractivity contribution in [3.63, 3.8) is 0 Å². The number of amides is 1. The molecule has 5 nitrogen and oxygen atoms in total. The molecule has 30 heavy (non-hydrogen) atoms. The number of hydrogen-bond donors (Lipinski definition) is 1. The van der Waals surface area contributed by atoms with Crippen LogP contribution < -0.4 is 0 Å². The fourth-order valence-corrected chi connectivity index (χ4v) is 4.08. The maximum absolute atomic E-state index is 13.4. The predicted octanol–water partition coefficient (Wildman–Crippen LogP) is 5.63. The normalized spacial score (nSPS) is 16.1. The van der Waals surface area contributed by atoms with Gasteiger partial charge in [-0.2, -0.15) is 5.10 Å². The Morgan fingerprint density at radius 3 is 2.53 bits per heavy atom. The molecule has 0 bridgehead atoms. The third-order valence-corrected chi connectivity index (χ3v) is 5.94. The number of carbonyl (C=O) groups is 1. The molecule has 1 N–H and O–H groups in total. The number of fused-ring (bicyclic) bond motifs is 1. The summed E-state index contributed by atoms with van der Waals surface area (Å²) in [5.74, 6) is 0.602. The Balaban J connectivity index is 1.57. The molecule has 1 aromatic heterocycles. The summed E-state index contributed by atoms with van der Waals surface area (Å²) in [5.41, 5.74) is 5.26. The number of aromatic nitrogens is 2. The minimum atomic E-state index is -0.187. The molecular weight excluding hydrogens is 440 g/mol. The number of carbonyl (C=O) groups excluding carboxylic acids is 1. The van der Waals surface area contributed by atoms with Crippen molar-refractivity contribution >= 4 is 38.6 Å². The predicted molar refractivity (Wildman–Crippen MR) is 121 cm³/mol. The lowest BCUT2D eigenvalue weighted by Gasteiger charge is -2.22. The van der Waals surface area contributed by atoms with E-state index in [-0.39, 0.29) is 11.9 Å². The molecule has 148 valence electrons. The van der Waals surface area contributed by atoms with Crippen LogP contribution in [0.1, 0.15) is 39.8 Å². The topological polar surface area (TPSA) is 61.4 Å². The lowest BCUT2D eigenvalue weighted by Crippen LogP contribution is -2.27. The second-order valence-electron chi connectivity index (χ2n) is 7.39. The van der Waals surface area contributed by atoms with Crippen LogP contribution in [0.3, 0.4) is 0 Å². The number of hydrazone groups is 1. The SMILES string of the molecule is Cc1ccccc1C(=O)N1N=C(c2nc3ccccc3[nH]2)C[C@H]1c1ccc(Br)cc1. The van der Waals surface area contributed by atoms with E-state index < -0.39 is 0 Å². The summed E-state index contributed by atoms with van der Waals surface area (Å²) in [5, 5.41) is 6.35. The Hall–Kier alpha value is -3.25. The largest absolute Gasteiger partial charge is 0.337 e. The highest BCUT2D eigenvalue weighted by Crippen LogP contribution is 2.34. The Labute approximate surface area is 182 Å². The Kier molecular flexibility index (Phi) is 4.71. The number of H-pyrrole nitrogens is 1. The third-order valence-electron chi connectivity index (χ3n) is 5.41. The van der Waals surface area contributed by atoms with E-state index in [0.717, 1.165) is 32.3 Å². The van der Waals surface area contributed by atoms with Gasteiger partial charge in [0.25, 0.3) is 5.91 Å². The Bertz CT molecular complexity index is 1240. The van der Waals surface area contributed by atoms with Crippen molar-refractivity contribution < 1.29 is 4.79 Å². The number of benzene rings is 3. The van der Waals surface area contributed by atoms with E-state index in [1.807, 2.05) is 79.7 Å². The van der Waals surface area contributed by atoms with Gasteiger partial charge in [0, 0.05) is 16.5 Å². The van der Waals surface area contributed by atoms with Gasteiger partial charge in [0.1, 0.15) is 5.71 Å². The molecule has 0 fully saturated rings. The first-order valence-electron chi connectivity index (χ1n) is 9.77. The maximum Gasteiger partial charge on any atom is 0.274 e. The van der Waals surface area contributed by atoms with E-state index in [1.54, 1.807) is 5.01 Å². The monoisotopic (exact) mass is 458 g/mol. The van der Waals surface area contributed by atoms with E-state index >= 15 is 0 Å². The first kappa shape index (κ1) is 18.8. The zero-order valence-electron chi connectivity index (χ0n) is 16.3. The molecule has 3 aromatic carbocycles. The van der Waals surface area contributed by atoms with Gasteiger partial charge < -0.3 is 4.98 Å². The smallest absolute Gasteiger partial charge is 0.274 e. The number of nitrogens with one attached hydrogen (secondary N) is 1. The number of imidazole rings is 1. The maximum atomic E-state index is 13.4. The van der Waals surface area contributed by atoms with Crippen LogP contribution in [0.5, 0.6) is 0 Å². The second kappa shape index (κ2) is 7.54. The van der Waals surface area contributed by atoms with Crippen LogP contribution in [0.2, 0.25) is 0 Å². The Morgan fingerprint density at radius 1 is 1.03 bits per heavy atom. The van der Waals surface area contributed by atoms with Crippen molar-refractivity contribution in [2.75, 3.05) is 0 Å². The molecule has 6 heteroatoms. The van der Waals surface area contributed by atoms with Crippen molar-refractivity contribution in [2.24, 2.45) is 5.10 Å². The van der Waals surface area contributed by atoms with Crippen LogP contribution in [-0.2, 0) is 0 Å². The first-order chi connectivity index (χ1) is 14.6. The standard InChI is InChI=1S/C24H19BrN4O/c1-15-6-2-3-7-18(15)24(30)29-22(16-10-12-17(25)13-11-16)14-21(28-29)23-26-19-8-4-5-9-20(19)27-23/h2-13,22H,14H2,1H3,(H,26,27)/t22-/m0/s1. The molecule has 2 heterocycles. The lowest BCUT2D eigenvalue weighted by molar-refractivity contribution is 0.0710. The highest BCUT2D eigenvalue weighted by atomic mass is 79.9. The molecular formula is C24H19BrN4O. The van der Waals surface area contributed by atoms with E-state index in [4.69, 9.17) is 5.10 Å². The fraction of sp³-hybridized carbons (Fsp3) is 0.125. The van der Waals surface area contributed by atoms with Crippen LogP contribution in [-0.4, -0.2) is 26.6 Å². The molecule has 0 unspecified atom stereocenters. The first-order valence-corrected chi connectivity index (χ1v) is 10.6. The number of aryl methyl sites for hydroxylation is 1. The van der Waals surface area contributed by atoms with Crippen LogP contribution in [0.25, 0.3) is 11.0 Å². The molecule has 1 amide bonds.